The van der Waals surface area contributed by atoms with Crippen LogP contribution in [0, 0.1) is 12.3 Å². The highest BCUT2D eigenvalue weighted by molar-refractivity contribution is 14.1. The van der Waals surface area contributed by atoms with Crippen LogP contribution in [0.1, 0.15) is 0 Å². The van der Waals surface area contributed by atoms with Crippen molar-refractivity contribution >= 4 is 57.4 Å². The summed E-state index contributed by atoms with van der Waals surface area (Å²) in [6.45, 7) is 1.39. The topological polar surface area (TPSA) is 0 Å². The van der Waals surface area contributed by atoms with E-state index in [0.29, 0.717) is 21.1 Å². The molecule has 0 aromatic heterocycles. The molecule has 0 aliphatic heterocycles. The second kappa shape index (κ2) is 7.06. The van der Waals surface area contributed by atoms with Crippen LogP contribution in [0.3, 0.4) is 0 Å². The summed E-state index contributed by atoms with van der Waals surface area (Å²) in [6, 6.07) is 0. The Bertz CT molecular complexity index is 411. The fourth-order valence-corrected chi connectivity index (χ4v) is 4.07. The molecule has 18 heavy (non-hydrogen) atoms. The summed E-state index contributed by atoms with van der Waals surface area (Å²) in [4.78, 5) is 0. The second-order valence-corrected chi connectivity index (χ2v) is 8.00. The normalized spacial score (nSPS) is 27.7. The molecule has 0 radical (unpaired) electrons. The van der Waals surface area contributed by atoms with Gasteiger partial charge in [0, 0.05) is 10.1 Å². The predicted molar refractivity (Wildman–Crippen MR) is 84.9 cm³/mol. The number of hydrogen-bond acceptors (Lipinski definition) is 0. The number of quaternary nitrogens is 1. The first-order valence-corrected chi connectivity index (χ1v) is 7.32. The number of alkyl halides is 2. The van der Waals surface area contributed by atoms with Crippen LogP contribution < -0.4 is 12.4 Å². The standard InChI is InChI=1S/C12H14Cl3IN.ClH/c1-4-5-17(2,3)8-12(16)10(14)6-9(13)7-11(12)15;/h1,6-7,10H,5,8H2,2-3H3;1H/q+1;/p-1. The van der Waals surface area contributed by atoms with Crippen molar-refractivity contribution < 1.29 is 16.9 Å². The summed E-state index contributed by atoms with van der Waals surface area (Å²) in [5, 5.41) is 1.03. The minimum absolute atomic E-state index is 0. The molecule has 0 saturated carbocycles. The van der Waals surface area contributed by atoms with E-state index in [2.05, 4.69) is 42.6 Å². The first-order valence-electron chi connectivity index (χ1n) is 5.05. The summed E-state index contributed by atoms with van der Waals surface area (Å²) < 4.78 is 0.303. The molecule has 2 unspecified atom stereocenters. The molecule has 102 valence electrons. The first-order chi connectivity index (χ1) is 7.71. The molecule has 0 heterocycles. The van der Waals surface area contributed by atoms with Crippen molar-refractivity contribution in [1.82, 2.24) is 0 Å². The van der Waals surface area contributed by atoms with E-state index in [0.717, 1.165) is 6.54 Å². The molecule has 1 aliphatic carbocycles. The van der Waals surface area contributed by atoms with Crippen molar-refractivity contribution in [1.29, 1.82) is 0 Å². The van der Waals surface area contributed by atoms with Crippen molar-refractivity contribution in [2.75, 3.05) is 27.2 Å². The maximum atomic E-state index is 6.36. The van der Waals surface area contributed by atoms with Gasteiger partial charge in [-0.05, 0) is 18.1 Å². The van der Waals surface area contributed by atoms with E-state index in [1.807, 2.05) is 6.08 Å². The van der Waals surface area contributed by atoms with Gasteiger partial charge in [-0.15, -0.1) is 18.0 Å². The number of allylic oxidation sites excluding steroid dienone is 3. The smallest absolute Gasteiger partial charge is 0.140 e. The highest BCUT2D eigenvalue weighted by Gasteiger charge is 2.44. The quantitative estimate of drug-likeness (QED) is 0.263. The lowest BCUT2D eigenvalue weighted by atomic mass is 9.98. The molecule has 0 bridgehead atoms. The molecule has 0 saturated heterocycles. The third-order valence-electron chi connectivity index (χ3n) is 2.58. The number of rotatable bonds is 3. The average molecular weight is 441 g/mol. The Balaban J connectivity index is 0.00000289. The van der Waals surface area contributed by atoms with Gasteiger partial charge in [-0.2, -0.15) is 0 Å². The van der Waals surface area contributed by atoms with Gasteiger partial charge < -0.3 is 16.9 Å². The molecule has 0 spiro atoms. The van der Waals surface area contributed by atoms with Crippen LogP contribution in [-0.2, 0) is 0 Å². The molecule has 1 nitrogen and oxygen atoms in total. The van der Waals surface area contributed by atoms with Gasteiger partial charge >= 0.3 is 0 Å². The number of halogens is 5. The van der Waals surface area contributed by atoms with Gasteiger partial charge in [-0.3, -0.25) is 0 Å². The van der Waals surface area contributed by atoms with Gasteiger partial charge in [0.1, 0.15) is 16.5 Å². The Morgan fingerprint density at radius 1 is 1.50 bits per heavy atom. The van der Waals surface area contributed by atoms with Gasteiger partial charge in [-0.25, -0.2) is 0 Å². The zero-order valence-corrected chi connectivity index (χ0v) is 15.2. The van der Waals surface area contributed by atoms with E-state index in [9.17, 15) is 0 Å². The molecule has 6 heteroatoms. The number of nitrogens with zero attached hydrogens (tertiary/aromatic N) is 1. The van der Waals surface area contributed by atoms with Crippen molar-refractivity contribution in [3.8, 4) is 12.3 Å². The highest BCUT2D eigenvalue weighted by atomic mass is 127. The monoisotopic (exact) mass is 439 g/mol. The van der Waals surface area contributed by atoms with Gasteiger partial charge in [0.2, 0.25) is 0 Å². The van der Waals surface area contributed by atoms with Crippen LogP contribution in [0.25, 0.3) is 0 Å². The van der Waals surface area contributed by atoms with Crippen LogP contribution in [0.4, 0.5) is 0 Å². The fraction of sp³-hybridized carbons (Fsp3) is 0.500. The van der Waals surface area contributed by atoms with E-state index < -0.39 is 0 Å². The molecule has 0 fully saturated rings. The van der Waals surface area contributed by atoms with Gasteiger partial charge in [0.05, 0.1) is 19.5 Å². The number of terminal acetylenes is 1. The Kier molecular flexibility index (Phi) is 7.41. The van der Waals surface area contributed by atoms with E-state index in [4.69, 9.17) is 41.2 Å². The summed E-state index contributed by atoms with van der Waals surface area (Å²) in [5.41, 5.74) is 0. The summed E-state index contributed by atoms with van der Waals surface area (Å²) >= 11 is 20.9. The Morgan fingerprint density at radius 3 is 2.50 bits per heavy atom. The largest absolute Gasteiger partial charge is 1.00 e. The predicted octanol–water partition coefficient (Wildman–Crippen LogP) is 0.740. The SMILES string of the molecule is C#CC[N+](C)(C)CC1(I)C(Cl)=CC(Cl)=CC1Cl.[Cl-]. The van der Waals surface area contributed by atoms with Crippen LogP contribution in [-0.4, -0.2) is 40.5 Å². The van der Waals surface area contributed by atoms with Gasteiger partial charge in [0.15, 0.2) is 0 Å². The zero-order valence-electron chi connectivity index (χ0n) is 10.1. The zero-order chi connectivity index (χ0) is 13.3. The van der Waals surface area contributed by atoms with Crippen molar-refractivity contribution in [3.05, 3.63) is 22.2 Å². The number of hydrogen-bond donors (Lipinski definition) is 0. The summed E-state index contributed by atoms with van der Waals surface area (Å²) in [6.07, 6.45) is 8.94. The first kappa shape index (κ1) is 18.9. The lowest BCUT2D eigenvalue weighted by Gasteiger charge is -2.39. The molecule has 0 amide bonds. The van der Waals surface area contributed by atoms with E-state index >= 15 is 0 Å². The summed E-state index contributed by atoms with van der Waals surface area (Å²) in [5.74, 6) is 2.68. The molecular formula is C12H14Cl4IN. The van der Waals surface area contributed by atoms with Crippen LogP contribution in [0.2, 0.25) is 0 Å². The van der Waals surface area contributed by atoms with Crippen molar-refractivity contribution in [2.24, 2.45) is 0 Å². The van der Waals surface area contributed by atoms with Gasteiger partial charge in [0.25, 0.3) is 0 Å². The lowest BCUT2D eigenvalue weighted by molar-refractivity contribution is -0.883. The average Bonchev–Trinajstić information content (AvgIpc) is 2.13. The highest BCUT2D eigenvalue weighted by Crippen LogP contribution is 2.43. The molecule has 0 aromatic carbocycles. The van der Waals surface area contributed by atoms with Crippen LogP contribution in [0.15, 0.2) is 22.2 Å². The maximum absolute atomic E-state index is 6.36. The maximum Gasteiger partial charge on any atom is 0.140 e. The van der Waals surface area contributed by atoms with Crippen molar-refractivity contribution in [3.63, 3.8) is 0 Å². The minimum atomic E-state index is -0.361. The van der Waals surface area contributed by atoms with E-state index in [1.54, 1.807) is 6.08 Å². The summed E-state index contributed by atoms with van der Waals surface area (Å²) in [7, 11) is 4.13. The molecule has 2 atom stereocenters. The molecular weight excluding hydrogens is 427 g/mol. The second-order valence-electron chi connectivity index (χ2n) is 4.76. The molecule has 0 aromatic rings. The van der Waals surface area contributed by atoms with Crippen LogP contribution in [0.5, 0.6) is 0 Å². The van der Waals surface area contributed by atoms with Gasteiger partial charge in [-0.1, -0.05) is 45.8 Å². The van der Waals surface area contributed by atoms with E-state index in [-0.39, 0.29) is 21.2 Å². The Morgan fingerprint density at radius 2 is 2.06 bits per heavy atom. The molecule has 0 N–H and O–H groups in total. The van der Waals surface area contributed by atoms with Crippen LogP contribution >= 0.6 is 57.4 Å². The fourth-order valence-electron chi connectivity index (χ4n) is 1.78. The van der Waals surface area contributed by atoms with Crippen molar-refractivity contribution in [2.45, 2.75) is 8.80 Å². The minimum Gasteiger partial charge on any atom is -1.00 e. The Labute approximate surface area is 144 Å². The third-order valence-corrected chi connectivity index (χ3v) is 6.04. The third kappa shape index (κ3) is 4.47. The molecule has 1 aliphatic rings. The molecule has 1 rings (SSSR count). The van der Waals surface area contributed by atoms with E-state index in [1.165, 1.54) is 0 Å². The Hall–Kier alpha value is 0.890. The lowest BCUT2D eigenvalue weighted by Crippen LogP contribution is -3.00.